The number of carbonyl (C=O) groups excluding carboxylic acids is 1. The number of anilines is 1. The molecule has 4 nitrogen and oxygen atoms in total. The Hall–Kier alpha value is -3.01. The van der Waals surface area contributed by atoms with Crippen molar-refractivity contribution in [3.63, 3.8) is 0 Å². The zero-order valence-corrected chi connectivity index (χ0v) is 14.0. The predicted octanol–water partition coefficient (Wildman–Crippen LogP) is 3.86. The molecule has 1 aromatic heterocycles. The van der Waals surface area contributed by atoms with Gasteiger partial charge in [-0.3, -0.25) is 4.79 Å². The number of hydrogen-bond donors (Lipinski definition) is 2. The highest BCUT2D eigenvalue weighted by atomic mass is 16.1. The van der Waals surface area contributed by atoms with Gasteiger partial charge in [0.25, 0.3) is 5.91 Å². The number of hydrogen-bond acceptors (Lipinski definition) is 2. The quantitative estimate of drug-likeness (QED) is 0.713. The highest BCUT2D eigenvalue weighted by Gasteiger charge is 2.14. The van der Waals surface area contributed by atoms with Gasteiger partial charge in [0.1, 0.15) is 0 Å². The largest absolute Gasteiger partial charge is 0.366 e. The average Bonchev–Trinajstić information content (AvgIpc) is 3.11. The number of rotatable bonds is 4. The molecule has 4 rings (SSSR count). The molecule has 0 aliphatic carbocycles. The van der Waals surface area contributed by atoms with Crippen LogP contribution in [0.4, 0.5) is 5.69 Å². The molecule has 2 aromatic carbocycles. The van der Waals surface area contributed by atoms with E-state index in [9.17, 15) is 4.79 Å². The smallest absolute Gasteiger partial charge is 0.251 e. The summed E-state index contributed by atoms with van der Waals surface area (Å²) in [6, 6.07) is 15.8. The highest BCUT2D eigenvalue weighted by Crippen LogP contribution is 2.28. The van der Waals surface area contributed by atoms with Gasteiger partial charge in [0, 0.05) is 42.3 Å². The van der Waals surface area contributed by atoms with Gasteiger partial charge in [0.2, 0.25) is 0 Å². The number of amides is 1. The van der Waals surface area contributed by atoms with Gasteiger partial charge < -0.3 is 15.2 Å². The van der Waals surface area contributed by atoms with Crippen LogP contribution in [0.25, 0.3) is 10.9 Å². The van der Waals surface area contributed by atoms with Crippen molar-refractivity contribution in [2.24, 2.45) is 0 Å². The van der Waals surface area contributed by atoms with Gasteiger partial charge in [-0.1, -0.05) is 42.5 Å². The van der Waals surface area contributed by atoms with Crippen LogP contribution in [0, 0.1) is 0 Å². The van der Waals surface area contributed by atoms with E-state index in [4.69, 9.17) is 0 Å². The summed E-state index contributed by atoms with van der Waals surface area (Å²) in [5, 5.41) is 4.10. The summed E-state index contributed by atoms with van der Waals surface area (Å²) >= 11 is 0. The van der Waals surface area contributed by atoms with Crippen molar-refractivity contribution in [3.05, 3.63) is 78.0 Å². The fourth-order valence-corrected chi connectivity index (χ4v) is 3.25. The van der Waals surface area contributed by atoms with Crippen LogP contribution in [0.2, 0.25) is 0 Å². The van der Waals surface area contributed by atoms with Crippen molar-refractivity contribution in [1.82, 2.24) is 10.3 Å². The summed E-state index contributed by atoms with van der Waals surface area (Å²) in [5.74, 6) is -0.0450. The van der Waals surface area contributed by atoms with Crippen LogP contribution in [0.5, 0.6) is 0 Å². The second kappa shape index (κ2) is 6.85. The van der Waals surface area contributed by atoms with Gasteiger partial charge in [0.05, 0.1) is 5.69 Å². The Balaban J connectivity index is 1.55. The van der Waals surface area contributed by atoms with E-state index < -0.39 is 0 Å². The molecule has 0 fully saturated rings. The molecule has 1 amide bonds. The molecular weight excluding hydrogens is 310 g/mol. The first-order valence-corrected chi connectivity index (χ1v) is 8.64. The molecule has 0 saturated carbocycles. The Labute approximate surface area is 147 Å². The molecule has 0 unspecified atom stereocenters. The number of nitrogens with one attached hydrogen (secondary N) is 2. The van der Waals surface area contributed by atoms with Crippen LogP contribution in [0.1, 0.15) is 22.3 Å². The van der Waals surface area contributed by atoms with Crippen LogP contribution in [0.3, 0.4) is 0 Å². The van der Waals surface area contributed by atoms with Crippen molar-refractivity contribution in [2.45, 2.75) is 13.0 Å². The van der Waals surface area contributed by atoms with Gasteiger partial charge in [-0.25, -0.2) is 0 Å². The molecule has 0 bridgehead atoms. The lowest BCUT2D eigenvalue weighted by Gasteiger charge is -2.24. The first-order chi connectivity index (χ1) is 12.3. The minimum Gasteiger partial charge on any atom is -0.366 e. The first-order valence-electron chi connectivity index (χ1n) is 8.64. The molecule has 1 aliphatic rings. The second-order valence-corrected chi connectivity index (χ2v) is 6.31. The minimum absolute atomic E-state index is 0.0450. The lowest BCUT2D eigenvalue weighted by Crippen LogP contribution is -2.26. The molecule has 0 radical (unpaired) electrons. The van der Waals surface area contributed by atoms with Crippen LogP contribution in [0.15, 0.2) is 66.9 Å². The van der Waals surface area contributed by atoms with Crippen LogP contribution < -0.4 is 10.2 Å². The van der Waals surface area contributed by atoms with Gasteiger partial charge >= 0.3 is 0 Å². The number of benzene rings is 2. The summed E-state index contributed by atoms with van der Waals surface area (Å²) in [5.41, 5.74) is 4.01. The zero-order valence-electron chi connectivity index (χ0n) is 14.0. The molecule has 2 N–H and O–H groups in total. The van der Waals surface area contributed by atoms with E-state index in [2.05, 4.69) is 27.4 Å². The number of carbonyl (C=O) groups is 1. The average molecular weight is 331 g/mol. The summed E-state index contributed by atoms with van der Waals surface area (Å²) < 4.78 is 0. The molecule has 0 saturated heterocycles. The third kappa shape index (κ3) is 3.29. The van der Waals surface area contributed by atoms with Gasteiger partial charge in [-0.15, -0.1) is 0 Å². The Bertz CT molecular complexity index is 911. The number of aromatic nitrogens is 1. The fourth-order valence-electron chi connectivity index (χ4n) is 3.25. The van der Waals surface area contributed by atoms with Gasteiger partial charge in [-0.2, -0.15) is 0 Å². The molecule has 25 heavy (non-hydrogen) atoms. The third-order valence-corrected chi connectivity index (χ3v) is 4.62. The standard InChI is InChI=1S/C21H21N3O/c25-21(23-14-16-7-3-1-4-8-16)17-9-10-19-18(13-17)20(15-22-19)24-11-5-2-6-12-24/h1-5,7-10,13,15,22H,6,11-12,14H2,(H,23,25). The maximum atomic E-state index is 12.5. The van der Waals surface area contributed by atoms with E-state index in [0.717, 1.165) is 41.7 Å². The van der Waals surface area contributed by atoms with E-state index in [-0.39, 0.29) is 5.91 Å². The summed E-state index contributed by atoms with van der Waals surface area (Å²) in [4.78, 5) is 18.2. The molecule has 126 valence electrons. The summed E-state index contributed by atoms with van der Waals surface area (Å²) in [6.07, 6.45) is 7.51. The van der Waals surface area contributed by atoms with Crippen molar-refractivity contribution in [2.75, 3.05) is 18.0 Å². The highest BCUT2D eigenvalue weighted by molar-refractivity contribution is 6.01. The van der Waals surface area contributed by atoms with Crippen molar-refractivity contribution >= 4 is 22.5 Å². The Morgan fingerprint density at radius 2 is 2.00 bits per heavy atom. The minimum atomic E-state index is -0.0450. The number of H-pyrrole nitrogens is 1. The Kier molecular flexibility index (Phi) is 4.25. The Morgan fingerprint density at radius 3 is 2.80 bits per heavy atom. The number of aromatic amines is 1. The fraction of sp³-hybridized carbons (Fsp3) is 0.190. The molecule has 1 aliphatic heterocycles. The van der Waals surface area contributed by atoms with E-state index in [1.807, 2.05) is 54.7 Å². The maximum absolute atomic E-state index is 12.5. The van der Waals surface area contributed by atoms with Crippen molar-refractivity contribution in [3.8, 4) is 0 Å². The van der Waals surface area contributed by atoms with Crippen LogP contribution in [-0.4, -0.2) is 24.0 Å². The monoisotopic (exact) mass is 331 g/mol. The van der Waals surface area contributed by atoms with E-state index >= 15 is 0 Å². The van der Waals surface area contributed by atoms with Crippen molar-refractivity contribution < 1.29 is 4.79 Å². The first kappa shape index (κ1) is 15.5. The van der Waals surface area contributed by atoms with Crippen LogP contribution >= 0.6 is 0 Å². The van der Waals surface area contributed by atoms with Gasteiger partial charge in [-0.05, 0) is 30.2 Å². The van der Waals surface area contributed by atoms with Gasteiger partial charge in [0.15, 0.2) is 0 Å². The normalized spacial score (nSPS) is 14.0. The maximum Gasteiger partial charge on any atom is 0.251 e. The Morgan fingerprint density at radius 1 is 1.12 bits per heavy atom. The summed E-state index contributed by atoms with van der Waals surface area (Å²) in [6.45, 7) is 2.46. The molecule has 3 aromatic rings. The molecule has 0 atom stereocenters. The van der Waals surface area contributed by atoms with E-state index in [1.54, 1.807) is 0 Å². The predicted molar refractivity (Wildman–Crippen MR) is 102 cm³/mol. The van der Waals surface area contributed by atoms with Crippen molar-refractivity contribution in [1.29, 1.82) is 0 Å². The lowest BCUT2D eigenvalue weighted by molar-refractivity contribution is 0.0951. The topological polar surface area (TPSA) is 48.1 Å². The van der Waals surface area contributed by atoms with E-state index in [0.29, 0.717) is 12.1 Å². The van der Waals surface area contributed by atoms with Crippen LogP contribution in [-0.2, 0) is 6.54 Å². The molecule has 0 spiro atoms. The summed E-state index contributed by atoms with van der Waals surface area (Å²) in [7, 11) is 0. The molecular formula is C21H21N3O. The second-order valence-electron chi connectivity index (χ2n) is 6.31. The SMILES string of the molecule is O=C(NCc1ccccc1)c1ccc2[nH]cc(N3CC=CCC3)c2c1. The van der Waals surface area contributed by atoms with E-state index in [1.165, 1.54) is 0 Å². The molecule has 2 heterocycles. The lowest BCUT2D eigenvalue weighted by atomic mass is 10.1. The number of nitrogens with zero attached hydrogens (tertiary/aromatic N) is 1. The zero-order chi connectivity index (χ0) is 17.1. The molecule has 4 heteroatoms. The third-order valence-electron chi connectivity index (χ3n) is 4.62. The number of fused-ring (bicyclic) bond motifs is 1.